The average molecular weight is 278 g/mol. The van der Waals surface area contributed by atoms with Gasteiger partial charge in [-0.25, -0.2) is 4.79 Å². The van der Waals surface area contributed by atoms with Crippen molar-refractivity contribution in [2.75, 3.05) is 0 Å². The molecular formula is C11H13Cl2NO3. The molecule has 1 unspecified atom stereocenters. The van der Waals surface area contributed by atoms with Crippen LogP contribution in [0.4, 0.5) is 0 Å². The fraction of sp³-hybridized carbons (Fsp3) is 0.364. The molecule has 0 radical (unpaired) electrons. The Kier molecular flexibility index (Phi) is 5.05. The Bertz CT molecular complexity index is 423. The van der Waals surface area contributed by atoms with E-state index in [-0.39, 0.29) is 17.3 Å². The van der Waals surface area contributed by atoms with Crippen molar-refractivity contribution < 1.29 is 14.6 Å². The minimum Gasteiger partial charge on any atom is -0.479 e. The lowest BCUT2D eigenvalue weighted by Crippen LogP contribution is -2.26. The second-order valence-corrected chi connectivity index (χ2v) is 4.28. The van der Waals surface area contributed by atoms with Gasteiger partial charge >= 0.3 is 5.97 Å². The number of halogens is 2. The maximum atomic E-state index is 10.9. The summed E-state index contributed by atoms with van der Waals surface area (Å²) in [5, 5.41) is 9.62. The molecule has 17 heavy (non-hydrogen) atoms. The third kappa shape index (κ3) is 3.49. The smallest absolute Gasteiger partial charge is 0.344 e. The topological polar surface area (TPSA) is 72.5 Å². The largest absolute Gasteiger partial charge is 0.479 e. The Hall–Kier alpha value is -0.970. The molecule has 1 atom stereocenters. The summed E-state index contributed by atoms with van der Waals surface area (Å²) >= 11 is 11.8. The quantitative estimate of drug-likeness (QED) is 0.868. The van der Waals surface area contributed by atoms with Gasteiger partial charge in [0.25, 0.3) is 0 Å². The maximum Gasteiger partial charge on any atom is 0.344 e. The van der Waals surface area contributed by atoms with E-state index in [9.17, 15) is 4.79 Å². The standard InChI is InChI=1S/C11H13Cl2NO3/c1-2-9(11(15)16)17-10-6(5-14)3-7(12)4-8(10)13/h3-4,9H,2,5,14H2,1H3,(H,15,16). The van der Waals surface area contributed by atoms with Crippen molar-refractivity contribution in [1.82, 2.24) is 0 Å². The van der Waals surface area contributed by atoms with Crippen molar-refractivity contribution in [3.63, 3.8) is 0 Å². The SMILES string of the molecule is CCC(Oc1c(Cl)cc(Cl)cc1CN)C(=O)O. The van der Waals surface area contributed by atoms with Gasteiger partial charge in [-0.15, -0.1) is 0 Å². The molecule has 0 fully saturated rings. The Morgan fingerprint density at radius 2 is 2.18 bits per heavy atom. The number of nitrogens with two attached hydrogens (primary N) is 1. The molecule has 0 spiro atoms. The molecular weight excluding hydrogens is 265 g/mol. The van der Waals surface area contributed by atoms with Gasteiger partial charge < -0.3 is 15.6 Å². The Morgan fingerprint density at radius 3 is 2.65 bits per heavy atom. The van der Waals surface area contributed by atoms with Crippen LogP contribution in [-0.4, -0.2) is 17.2 Å². The first kappa shape index (κ1) is 14.1. The summed E-state index contributed by atoms with van der Waals surface area (Å²) in [5.41, 5.74) is 6.12. The third-order valence-corrected chi connectivity index (χ3v) is 2.71. The number of aliphatic carboxylic acids is 1. The van der Waals surface area contributed by atoms with E-state index in [0.29, 0.717) is 17.0 Å². The number of hydrogen-bond donors (Lipinski definition) is 2. The summed E-state index contributed by atoms with van der Waals surface area (Å²) in [4.78, 5) is 10.9. The van der Waals surface area contributed by atoms with Crippen LogP contribution in [0.15, 0.2) is 12.1 Å². The molecule has 0 aliphatic rings. The predicted octanol–water partition coefficient (Wildman–Crippen LogP) is 2.69. The first-order chi connectivity index (χ1) is 7.99. The Labute approximate surface area is 109 Å². The van der Waals surface area contributed by atoms with E-state index < -0.39 is 12.1 Å². The predicted molar refractivity (Wildman–Crippen MR) is 66.7 cm³/mol. The van der Waals surface area contributed by atoms with Crippen LogP contribution < -0.4 is 10.5 Å². The fourth-order valence-corrected chi connectivity index (χ4v) is 1.93. The minimum atomic E-state index is -1.04. The molecule has 1 aromatic rings. The highest BCUT2D eigenvalue weighted by atomic mass is 35.5. The Balaban J connectivity index is 3.08. The number of carbonyl (C=O) groups is 1. The average Bonchev–Trinajstić information content (AvgIpc) is 2.26. The van der Waals surface area contributed by atoms with Crippen molar-refractivity contribution in [3.05, 3.63) is 27.7 Å². The zero-order valence-electron chi connectivity index (χ0n) is 9.24. The van der Waals surface area contributed by atoms with E-state index in [1.54, 1.807) is 13.0 Å². The third-order valence-electron chi connectivity index (χ3n) is 2.21. The van der Waals surface area contributed by atoms with E-state index in [2.05, 4.69) is 0 Å². The number of carboxylic acids is 1. The molecule has 4 nitrogen and oxygen atoms in total. The molecule has 0 saturated heterocycles. The summed E-state index contributed by atoms with van der Waals surface area (Å²) in [6.45, 7) is 1.89. The van der Waals surface area contributed by atoms with Gasteiger partial charge in [0.1, 0.15) is 5.75 Å². The summed E-state index contributed by atoms with van der Waals surface area (Å²) in [7, 11) is 0. The Morgan fingerprint density at radius 1 is 1.53 bits per heavy atom. The van der Waals surface area contributed by atoms with Crippen molar-refractivity contribution in [1.29, 1.82) is 0 Å². The van der Waals surface area contributed by atoms with Crippen LogP contribution in [0.3, 0.4) is 0 Å². The molecule has 0 heterocycles. The van der Waals surface area contributed by atoms with Gasteiger partial charge in [-0.2, -0.15) is 0 Å². The van der Waals surface area contributed by atoms with Gasteiger partial charge in [0.05, 0.1) is 5.02 Å². The van der Waals surface area contributed by atoms with Gasteiger partial charge in [0.2, 0.25) is 0 Å². The summed E-state index contributed by atoms with van der Waals surface area (Å²) < 4.78 is 5.36. The van der Waals surface area contributed by atoms with Crippen LogP contribution in [0.25, 0.3) is 0 Å². The monoisotopic (exact) mass is 277 g/mol. The highest BCUT2D eigenvalue weighted by Crippen LogP contribution is 2.33. The van der Waals surface area contributed by atoms with Gasteiger partial charge in [-0.3, -0.25) is 0 Å². The molecule has 0 amide bonds. The number of hydrogen-bond acceptors (Lipinski definition) is 3. The first-order valence-corrected chi connectivity index (χ1v) is 5.82. The van der Waals surface area contributed by atoms with Crippen LogP contribution in [0, 0.1) is 0 Å². The summed E-state index contributed by atoms with van der Waals surface area (Å²) in [6.07, 6.45) is -0.614. The number of ether oxygens (including phenoxy) is 1. The molecule has 3 N–H and O–H groups in total. The molecule has 0 aliphatic heterocycles. The second-order valence-electron chi connectivity index (χ2n) is 3.43. The zero-order chi connectivity index (χ0) is 13.0. The zero-order valence-corrected chi connectivity index (χ0v) is 10.8. The normalized spacial score (nSPS) is 12.2. The molecule has 94 valence electrons. The molecule has 1 aromatic carbocycles. The maximum absolute atomic E-state index is 10.9. The van der Waals surface area contributed by atoms with Crippen LogP contribution in [0.5, 0.6) is 5.75 Å². The number of rotatable bonds is 5. The first-order valence-electron chi connectivity index (χ1n) is 5.07. The number of carboxylic acid groups (broad SMARTS) is 1. The van der Waals surface area contributed by atoms with E-state index in [1.807, 2.05) is 0 Å². The molecule has 1 rings (SSSR count). The van der Waals surface area contributed by atoms with E-state index in [4.69, 9.17) is 38.8 Å². The van der Waals surface area contributed by atoms with Crippen molar-refractivity contribution in [3.8, 4) is 5.75 Å². The van der Waals surface area contributed by atoms with Crippen LogP contribution >= 0.6 is 23.2 Å². The van der Waals surface area contributed by atoms with E-state index >= 15 is 0 Å². The highest BCUT2D eigenvalue weighted by Gasteiger charge is 2.20. The molecule has 0 aliphatic carbocycles. The van der Waals surface area contributed by atoms with E-state index in [0.717, 1.165) is 0 Å². The fourth-order valence-electron chi connectivity index (χ4n) is 1.35. The van der Waals surface area contributed by atoms with Crippen LogP contribution in [-0.2, 0) is 11.3 Å². The lowest BCUT2D eigenvalue weighted by Gasteiger charge is -2.17. The lowest BCUT2D eigenvalue weighted by atomic mass is 10.2. The van der Waals surface area contributed by atoms with E-state index in [1.165, 1.54) is 6.07 Å². The lowest BCUT2D eigenvalue weighted by molar-refractivity contribution is -0.145. The van der Waals surface area contributed by atoms with Crippen molar-refractivity contribution in [2.24, 2.45) is 5.73 Å². The summed E-state index contributed by atoms with van der Waals surface area (Å²) in [5.74, 6) is -0.755. The number of benzene rings is 1. The molecule has 0 saturated carbocycles. The molecule has 6 heteroatoms. The van der Waals surface area contributed by atoms with Crippen LogP contribution in [0.1, 0.15) is 18.9 Å². The molecule has 0 bridgehead atoms. The van der Waals surface area contributed by atoms with Gasteiger partial charge in [-0.1, -0.05) is 30.1 Å². The second kappa shape index (κ2) is 6.10. The summed E-state index contributed by atoms with van der Waals surface area (Å²) in [6, 6.07) is 3.10. The van der Waals surface area contributed by atoms with Gasteiger partial charge in [0.15, 0.2) is 6.10 Å². The van der Waals surface area contributed by atoms with Crippen molar-refractivity contribution >= 4 is 29.2 Å². The van der Waals surface area contributed by atoms with Gasteiger partial charge in [0, 0.05) is 17.1 Å². The van der Waals surface area contributed by atoms with Crippen LogP contribution in [0.2, 0.25) is 10.0 Å². The minimum absolute atomic E-state index is 0.172. The van der Waals surface area contributed by atoms with Gasteiger partial charge in [-0.05, 0) is 18.6 Å². The molecule has 0 aromatic heterocycles. The van der Waals surface area contributed by atoms with Crippen molar-refractivity contribution in [2.45, 2.75) is 26.0 Å². The highest BCUT2D eigenvalue weighted by molar-refractivity contribution is 6.35.